The van der Waals surface area contributed by atoms with Crippen molar-refractivity contribution >= 4 is 22.4 Å². The molecule has 2 aliphatic heterocycles. The number of hydrogen-bond donors (Lipinski definition) is 4. The van der Waals surface area contributed by atoms with Crippen molar-refractivity contribution in [2.75, 3.05) is 0 Å². The van der Waals surface area contributed by atoms with Crippen LogP contribution >= 0.6 is 0 Å². The summed E-state index contributed by atoms with van der Waals surface area (Å²) in [5.74, 6) is -0.243. The highest BCUT2D eigenvalue weighted by atomic mass is 16.6. The van der Waals surface area contributed by atoms with Crippen LogP contribution in [0.2, 0.25) is 0 Å². The van der Waals surface area contributed by atoms with E-state index in [-0.39, 0.29) is 17.4 Å². The molecule has 2 saturated carbocycles. The second-order valence-corrected chi connectivity index (χ2v) is 17.6. The highest BCUT2D eigenvalue weighted by Crippen LogP contribution is 2.69. The quantitative estimate of drug-likeness (QED) is 0.235. The van der Waals surface area contributed by atoms with E-state index in [0.717, 1.165) is 52.4 Å². The van der Waals surface area contributed by atoms with Gasteiger partial charge in [0.15, 0.2) is 0 Å². The normalized spacial score (nSPS) is 41.1. The number of rotatable bonds is 2. The van der Waals surface area contributed by atoms with Gasteiger partial charge in [0.25, 0.3) is 0 Å². The Morgan fingerprint density at radius 1 is 1.09 bits per heavy atom. The first-order chi connectivity index (χ1) is 21.7. The molecule has 3 heterocycles. The molecular formula is C39H51NO7. The topological polar surface area (TPSA) is 121 Å². The first kappa shape index (κ1) is 31.8. The highest BCUT2D eigenvalue weighted by Gasteiger charge is 2.70. The third-order valence-corrected chi connectivity index (χ3v) is 13.5. The number of aliphatic hydroxyl groups is 3. The second kappa shape index (κ2) is 9.39. The Bertz CT molecular complexity index is 1770. The Hall–Kier alpha value is -2.49. The number of H-pyrrole nitrogens is 1. The first-order valence-corrected chi connectivity index (χ1v) is 17.5. The van der Waals surface area contributed by atoms with Crippen LogP contribution in [0.4, 0.5) is 0 Å². The number of esters is 1. The van der Waals surface area contributed by atoms with Crippen LogP contribution in [-0.4, -0.2) is 67.0 Å². The van der Waals surface area contributed by atoms with Crippen molar-refractivity contribution in [1.29, 1.82) is 0 Å². The Labute approximate surface area is 277 Å². The molecule has 8 heteroatoms. The van der Waals surface area contributed by atoms with Crippen molar-refractivity contribution in [3.63, 3.8) is 0 Å². The van der Waals surface area contributed by atoms with Gasteiger partial charge in [-0.2, -0.15) is 0 Å². The number of benzene rings is 1. The average Bonchev–Trinajstić information content (AvgIpc) is 3.54. The van der Waals surface area contributed by atoms with Crippen molar-refractivity contribution in [2.45, 2.75) is 147 Å². The summed E-state index contributed by atoms with van der Waals surface area (Å²) in [5, 5.41) is 36.8. The van der Waals surface area contributed by atoms with Crippen molar-refractivity contribution in [3.8, 4) is 0 Å². The Morgan fingerprint density at radius 3 is 2.49 bits per heavy atom. The van der Waals surface area contributed by atoms with Crippen LogP contribution in [0.25, 0.3) is 16.5 Å². The molecule has 0 saturated heterocycles. The van der Waals surface area contributed by atoms with Gasteiger partial charge >= 0.3 is 5.97 Å². The van der Waals surface area contributed by atoms with Gasteiger partial charge in [0, 0.05) is 40.3 Å². The van der Waals surface area contributed by atoms with Crippen LogP contribution in [0, 0.1) is 17.3 Å². The maximum atomic E-state index is 13.0. The Morgan fingerprint density at radius 2 is 1.81 bits per heavy atom. The molecule has 0 amide bonds. The van der Waals surface area contributed by atoms with Gasteiger partial charge in [0.05, 0.1) is 34.6 Å². The van der Waals surface area contributed by atoms with Gasteiger partial charge in [-0.25, -0.2) is 0 Å². The van der Waals surface area contributed by atoms with Gasteiger partial charge in [-0.15, -0.1) is 0 Å². The third kappa shape index (κ3) is 4.02. The first-order valence-electron chi connectivity index (χ1n) is 17.5. The smallest absolute Gasteiger partial charge is 0.303 e. The number of carbonyl (C=O) groups is 1. The minimum Gasteiger partial charge on any atom is -0.455 e. The molecule has 1 aromatic carbocycles. The predicted octanol–water partition coefficient (Wildman–Crippen LogP) is 5.95. The molecule has 0 unspecified atom stereocenters. The minimum absolute atomic E-state index is 0.132. The van der Waals surface area contributed by atoms with Crippen molar-refractivity contribution in [1.82, 2.24) is 4.98 Å². The predicted molar refractivity (Wildman–Crippen MR) is 179 cm³/mol. The number of aliphatic hydroxyl groups excluding tert-OH is 1. The van der Waals surface area contributed by atoms with Gasteiger partial charge in [0.1, 0.15) is 12.2 Å². The number of fused-ring (bicyclic) bond motifs is 12. The zero-order valence-electron chi connectivity index (χ0n) is 29.3. The highest BCUT2D eigenvalue weighted by molar-refractivity contribution is 5.93. The van der Waals surface area contributed by atoms with E-state index in [1.165, 1.54) is 18.2 Å². The molecule has 2 fully saturated rings. The second-order valence-electron chi connectivity index (χ2n) is 17.6. The lowest BCUT2D eigenvalue weighted by Crippen LogP contribution is -2.68. The van der Waals surface area contributed by atoms with E-state index in [1.807, 2.05) is 6.08 Å². The van der Waals surface area contributed by atoms with Gasteiger partial charge in [-0.1, -0.05) is 13.8 Å². The Balaban J connectivity index is 1.24. The van der Waals surface area contributed by atoms with Crippen LogP contribution in [0.15, 0.2) is 29.9 Å². The van der Waals surface area contributed by atoms with E-state index in [9.17, 15) is 20.1 Å². The van der Waals surface area contributed by atoms with Crippen LogP contribution < -0.4 is 0 Å². The van der Waals surface area contributed by atoms with Crippen LogP contribution in [-0.2, 0) is 30.8 Å². The molecule has 0 radical (unpaired) electrons. The molecule has 4 N–H and O–H groups in total. The van der Waals surface area contributed by atoms with Crippen LogP contribution in [0.5, 0.6) is 0 Å². The van der Waals surface area contributed by atoms with Gasteiger partial charge in [-0.3, -0.25) is 4.79 Å². The summed E-state index contributed by atoms with van der Waals surface area (Å²) in [6.07, 6.45) is 5.33. The molecule has 8 rings (SSSR count). The maximum absolute atomic E-state index is 13.0. The Kier molecular flexibility index (Phi) is 6.34. The van der Waals surface area contributed by atoms with E-state index < -0.39 is 52.1 Å². The SMILES string of the molecule is CC(=O)O[C@@H]1C=C2[C@H](CC[C@@]3(C)[C@@]2(O)CC[C@H]2Cc4c([nH]c5cc6c(cc45)[C@@H](O)[C@H]4C6=CC(C)(C)OC4(C)C)[C@@]23C)O[C@@H]1C(C)(C)O. The molecule has 9 atom stereocenters. The molecule has 8 nitrogen and oxygen atoms in total. The molecule has 0 spiro atoms. The zero-order chi connectivity index (χ0) is 33.9. The molecule has 4 aliphatic carbocycles. The monoisotopic (exact) mass is 645 g/mol. The van der Waals surface area contributed by atoms with Crippen molar-refractivity contribution < 1.29 is 34.3 Å². The largest absolute Gasteiger partial charge is 0.455 e. The summed E-state index contributed by atoms with van der Waals surface area (Å²) in [7, 11) is 0. The lowest BCUT2D eigenvalue weighted by atomic mass is 9.42. The molecule has 1 aromatic heterocycles. The van der Waals surface area contributed by atoms with Crippen molar-refractivity contribution in [2.24, 2.45) is 17.3 Å². The summed E-state index contributed by atoms with van der Waals surface area (Å²) in [4.78, 5) is 16.1. The molecular weight excluding hydrogens is 594 g/mol. The number of hydrogen-bond acceptors (Lipinski definition) is 7. The summed E-state index contributed by atoms with van der Waals surface area (Å²) >= 11 is 0. The average molecular weight is 646 g/mol. The third-order valence-electron chi connectivity index (χ3n) is 13.5. The molecule has 0 bridgehead atoms. The summed E-state index contributed by atoms with van der Waals surface area (Å²) < 4.78 is 18.7. The lowest BCUT2D eigenvalue weighted by molar-refractivity contribution is -0.214. The summed E-state index contributed by atoms with van der Waals surface area (Å²) in [6, 6.07) is 4.46. The number of nitrogens with one attached hydrogen (secondary N) is 1. The van der Waals surface area contributed by atoms with E-state index in [2.05, 4.69) is 64.7 Å². The molecule has 6 aliphatic rings. The van der Waals surface area contributed by atoms with E-state index in [1.54, 1.807) is 13.8 Å². The van der Waals surface area contributed by atoms with Crippen LogP contribution in [0.1, 0.15) is 116 Å². The summed E-state index contributed by atoms with van der Waals surface area (Å²) in [6.45, 7) is 17.6. The standard InChI is InChI=1S/C39H51NO7/c1-19(41)45-29-17-26-28(46-33(29)35(4,5)43)11-12-37(8)38(9)20(10-13-39(26,37)44)14-24-22-15-23-21(16-27(22)40-32(24)38)25-18-34(2,3)47-36(6,7)30(25)31(23)42/h15-18,20,28-31,33,40,42-44H,10-14H2,1-9H3/t20-,28-,29+,30+,31+,33-,37+,38+,39+/m0/s1. The van der Waals surface area contributed by atoms with E-state index >= 15 is 0 Å². The van der Waals surface area contributed by atoms with E-state index in [4.69, 9.17) is 14.2 Å². The fourth-order valence-electron chi connectivity index (χ4n) is 11.4. The zero-order valence-corrected chi connectivity index (χ0v) is 29.3. The van der Waals surface area contributed by atoms with E-state index in [0.29, 0.717) is 18.8 Å². The van der Waals surface area contributed by atoms with Crippen LogP contribution in [0.3, 0.4) is 0 Å². The number of carbonyl (C=O) groups excluding carboxylic acids is 1. The summed E-state index contributed by atoms with van der Waals surface area (Å²) in [5.41, 5.74) is 3.28. The minimum atomic E-state index is -1.24. The number of aromatic nitrogens is 1. The van der Waals surface area contributed by atoms with Gasteiger partial charge in [0.2, 0.25) is 0 Å². The number of ether oxygens (including phenoxy) is 3. The van der Waals surface area contributed by atoms with Gasteiger partial charge in [-0.05, 0) is 132 Å². The van der Waals surface area contributed by atoms with Crippen molar-refractivity contribution in [3.05, 3.63) is 52.2 Å². The fourth-order valence-corrected chi connectivity index (χ4v) is 11.4. The molecule has 2 aromatic rings. The molecule has 47 heavy (non-hydrogen) atoms. The molecule has 254 valence electrons. The fraction of sp³-hybridized carbons (Fsp3) is 0.667. The number of aromatic amines is 1. The maximum Gasteiger partial charge on any atom is 0.303 e. The van der Waals surface area contributed by atoms with Gasteiger partial charge < -0.3 is 34.5 Å². The lowest BCUT2D eigenvalue weighted by Gasteiger charge is -2.65.